The number of rotatable bonds is 7. The van der Waals surface area contributed by atoms with Crippen molar-refractivity contribution in [1.29, 1.82) is 0 Å². The quantitative estimate of drug-likeness (QED) is 0.400. The lowest BCUT2D eigenvalue weighted by Gasteiger charge is -2.40. The number of carboxylic acid groups (broad SMARTS) is 1. The summed E-state index contributed by atoms with van der Waals surface area (Å²) in [6.07, 6.45) is 1.37. The lowest BCUT2D eigenvalue weighted by Crippen LogP contribution is -2.60. The number of nitrogens with one attached hydrogen (secondary N) is 3. The fraction of sp³-hybridized carbons (Fsp3) is 0.455. The summed E-state index contributed by atoms with van der Waals surface area (Å²) in [4.78, 5) is 38.4. The molecule has 2 atom stereocenters. The van der Waals surface area contributed by atoms with Gasteiger partial charge in [0.15, 0.2) is 16.1 Å². The van der Waals surface area contributed by atoms with Gasteiger partial charge in [0.1, 0.15) is 0 Å². The predicted molar refractivity (Wildman–Crippen MR) is 130 cm³/mol. The first kappa shape index (κ1) is 23.5. The van der Waals surface area contributed by atoms with Crippen LogP contribution in [0.4, 0.5) is 5.13 Å². The van der Waals surface area contributed by atoms with E-state index in [2.05, 4.69) is 44.3 Å². The molecule has 9 nitrogen and oxygen atoms in total. The van der Waals surface area contributed by atoms with E-state index in [1.165, 1.54) is 11.3 Å². The summed E-state index contributed by atoms with van der Waals surface area (Å²) in [6.45, 7) is 7.39. The summed E-state index contributed by atoms with van der Waals surface area (Å²) in [7, 11) is 0. The summed E-state index contributed by atoms with van der Waals surface area (Å²) in [5.74, 6) is -1.02. The molecule has 1 aliphatic rings. The summed E-state index contributed by atoms with van der Waals surface area (Å²) in [5, 5.41) is 17.2. The summed E-state index contributed by atoms with van der Waals surface area (Å²) in [5.41, 5.74) is 1.68. The maximum atomic E-state index is 12.8. The van der Waals surface area contributed by atoms with Crippen LogP contribution >= 0.6 is 22.9 Å². The van der Waals surface area contributed by atoms with Crippen LogP contribution in [0.15, 0.2) is 18.2 Å². The number of carbonyl (C=O) groups is 2. The van der Waals surface area contributed by atoms with Crippen molar-refractivity contribution in [3.05, 3.63) is 40.4 Å². The average Bonchev–Trinajstić information content (AvgIpc) is 3.37. The maximum Gasteiger partial charge on any atom is 0.337 e. The molecule has 176 valence electrons. The van der Waals surface area contributed by atoms with Crippen LogP contribution in [0.3, 0.4) is 0 Å². The number of aromatic carboxylic acids is 1. The molecule has 1 aromatic carbocycles. The Labute approximate surface area is 200 Å². The highest BCUT2D eigenvalue weighted by atomic mass is 35.5. The molecule has 1 amide bonds. The number of anilines is 1. The molecular formula is C22H27ClN6O3S. The zero-order valence-electron chi connectivity index (χ0n) is 18.7. The second kappa shape index (κ2) is 9.66. The molecule has 4 rings (SSSR count). The maximum absolute atomic E-state index is 12.8. The minimum Gasteiger partial charge on any atom is -0.478 e. The van der Waals surface area contributed by atoms with Crippen molar-refractivity contribution in [2.75, 3.05) is 18.0 Å². The van der Waals surface area contributed by atoms with E-state index in [1.807, 2.05) is 13.0 Å². The van der Waals surface area contributed by atoms with Crippen LogP contribution in [0.1, 0.15) is 53.9 Å². The molecule has 1 fully saturated rings. The summed E-state index contributed by atoms with van der Waals surface area (Å²) < 4.78 is 0.672. The highest BCUT2D eigenvalue weighted by molar-refractivity contribution is 7.22. The van der Waals surface area contributed by atoms with Crippen molar-refractivity contribution >= 4 is 50.2 Å². The molecule has 33 heavy (non-hydrogen) atoms. The largest absolute Gasteiger partial charge is 0.478 e. The number of imidazole rings is 1. The number of hydrogen-bond donors (Lipinski definition) is 4. The number of aryl methyl sites for hydroxylation is 1. The minimum absolute atomic E-state index is 0.0234. The molecule has 11 heteroatoms. The molecule has 0 radical (unpaired) electrons. The Kier molecular flexibility index (Phi) is 6.87. The number of fused-ring (bicyclic) bond motifs is 1. The molecule has 0 saturated carbocycles. The zero-order chi connectivity index (χ0) is 23.7. The molecule has 2 unspecified atom stereocenters. The van der Waals surface area contributed by atoms with Crippen LogP contribution in [0.5, 0.6) is 0 Å². The number of thiazole rings is 1. The van der Waals surface area contributed by atoms with E-state index in [0.29, 0.717) is 41.3 Å². The number of benzene rings is 1. The van der Waals surface area contributed by atoms with Crippen molar-refractivity contribution in [2.24, 2.45) is 0 Å². The third kappa shape index (κ3) is 4.97. The van der Waals surface area contributed by atoms with Gasteiger partial charge < -0.3 is 25.6 Å². The highest BCUT2D eigenvalue weighted by Crippen LogP contribution is 2.33. The number of nitrogens with zero attached hydrogens (tertiary/aromatic N) is 3. The van der Waals surface area contributed by atoms with Gasteiger partial charge in [-0.15, -0.1) is 0 Å². The number of aromatic amines is 1. The standard InChI is InChI=1S/C22H27ClN6O3S/c1-4-13-18(23)28-19(25-13)20(30)26-14-8-9-29(10-16(14)24-11(2)3)22-27-15-7-5-6-12(21(31)32)17(15)33-22/h5-7,11,14,16,24H,4,8-10H2,1-3H3,(H,25,28)(H,26,30)(H,31,32). The van der Waals surface area contributed by atoms with Gasteiger partial charge in [0.05, 0.1) is 21.5 Å². The van der Waals surface area contributed by atoms with Crippen molar-refractivity contribution < 1.29 is 14.7 Å². The number of hydrogen-bond acceptors (Lipinski definition) is 7. The number of carboxylic acids is 1. The fourth-order valence-electron chi connectivity index (χ4n) is 4.10. The van der Waals surface area contributed by atoms with Gasteiger partial charge in [-0.3, -0.25) is 4.79 Å². The van der Waals surface area contributed by atoms with E-state index >= 15 is 0 Å². The molecule has 0 spiro atoms. The number of carbonyl (C=O) groups excluding carboxylic acids is 1. The van der Waals surface area contributed by atoms with Crippen molar-refractivity contribution in [2.45, 2.75) is 51.7 Å². The first-order valence-electron chi connectivity index (χ1n) is 11.0. The fourth-order valence-corrected chi connectivity index (χ4v) is 5.47. The highest BCUT2D eigenvalue weighted by Gasteiger charge is 2.33. The second-order valence-electron chi connectivity index (χ2n) is 8.41. The smallest absolute Gasteiger partial charge is 0.337 e. The third-order valence-corrected chi connectivity index (χ3v) is 7.16. The van der Waals surface area contributed by atoms with Crippen molar-refractivity contribution in [1.82, 2.24) is 25.6 Å². The predicted octanol–water partition coefficient (Wildman–Crippen LogP) is 3.31. The molecule has 4 N–H and O–H groups in total. The topological polar surface area (TPSA) is 123 Å². The average molecular weight is 491 g/mol. The molecule has 1 saturated heterocycles. The van der Waals surface area contributed by atoms with Gasteiger partial charge in [0.25, 0.3) is 5.91 Å². The second-order valence-corrected chi connectivity index (χ2v) is 9.74. The number of halogens is 1. The van der Waals surface area contributed by atoms with Gasteiger partial charge in [0.2, 0.25) is 0 Å². The van der Waals surface area contributed by atoms with E-state index in [1.54, 1.807) is 12.1 Å². The van der Waals surface area contributed by atoms with Crippen LogP contribution in [0.2, 0.25) is 5.15 Å². The van der Waals surface area contributed by atoms with Gasteiger partial charge >= 0.3 is 5.97 Å². The Morgan fingerprint density at radius 3 is 2.79 bits per heavy atom. The SMILES string of the molecule is CCc1[nH]c(C(=O)NC2CCN(c3nc4cccc(C(=O)O)c4s3)CC2NC(C)C)nc1Cl. The van der Waals surface area contributed by atoms with Crippen molar-refractivity contribution in [3.8, 4) is 0 Å². The van der Waals surface area contributed by atoms with E-state index < -0.39 is 5.97 Å². The molecular weight excluding hydrogens is 464 g/mol. The normalized spacial score (nSPS) is 18.8. The van der Waals surface area contributed by atoms with Gasteiger partial charge in [-0.25, -0.2) is 14.8 Å². The Morgan fingerprint density at radius 2 is 2.12 bits per heavy atom. The van der Waals surface area contributed by atoms with Gasteiger partial charge in [0, 0.05) is 31.2 Å². The summed E-state index contributed by atoms with van der Waals surface area (Å²) in [6, 6.07) is 5.23. The van der Waals surface area contributed by atoms with Crippen LogP contribution in [0.25, 0.3) is 10.2 Å². The van der Waals surface area contributed by atoms with Crippen LogP contribution in [0, 0.1) is 0 Å². The number of aromatic nitrogens is 3. The Balaban J connectivity index is 1.53. The Hall–Kier alpha value is -2.69. The van der Waals surface area contributed by atoms with Crippen LogP contribution in [-0.4, -0.2) is 63.1 Å². The first-order valence-corrected chi connectivity index (χ1v) is 12.1. The van der Waals surface area contributed by atoms with Gasteiger partial charge in [-0.1, -0.05) is 49.8 Å². The van der Waals surface area contributed by atoms with Crippen molar-refractivity contribution in [3.63, 3.8) is 0 Å². The molecule has 3 aromatic rings. The molecule has 0 bridgehead atoms. The van der Waals surface area contributed by atoms with E-state index in [4.69, 9.17) is 11.6 Å². The van der Waals surface area contributed by atoms with Gasteiger partial charge in [-0.2, -0.15) is 0 Å². The van der Waals surface area contributed by atoms with E-state index in [0.717, 1.165) is 10.8 Å². The van der Waals surface area contributed by atoms with E-state index in [-0.39, 0.29) is 35.4 Å². The number of amides is 1. The minimum atomic E-state index is -0.958. The number of piperidine rings is 1. The summed E-state index contributed by atoms with van der Waals surface area (Å²) >= 11 is 7.48. The first-order chi connectivity index (χ1) is 15.8. The van der Waals surface area contributed by atoms with Gasteiger partial charge in [-0.05, 0) is 25.0 Å². The Bertz CT molecular complexity index is 1180. The lowest BCUT2D eigenvalue weighted by atomic mass is 9.98. The zero-order valence-corrected chi connectivity index (χ0v) is 20.3. The monoisotopic (exact) mass is 490 g/mol. The third-order valence-electron chi connectivity index (χ3n) is 5.68. The van der Waals surface area contributed by atoms with Crippen LogP contribution < -0.4 is 15.5 Å². The number of H-pyrrole nitrogens is 1. The molecule has 0 aliphatic carbocycles. The lowest BCUT2D eigenvalue weighted by molar-refractivity contribution is 0.0699. The molecule has 1 aliphatic heterocycles. The van der Waals surface area contributed by atoms with E-state index in [9.17, 15) is 14.7 Å². The molecule has 2 aromatic heterocycles. The molecule has 3 heterocycles. The Morgan fingerprint density at radius 1 is 1.33 bits per heavy atom. The van der Waals surface area contributed by atoms with Crippen LogP contribution in [-0.2, 0) is 6.42 Å².